The Morgan fingerprint density at radius 3 is 2.56 bits per heavy atom. The van der Waals surface area contributed by atoms with Crippen molar-refractivity contribution >= 4 is 29.0 Å². The summed E-state index contributed by atoms with van der Waals surface area (Å²) in [4.78, 5) is 23.0. The maximum Gasteiger partial charge on any atom is 0.353 e. The average Bonchev–Trinajstić information content (AvgIpc) is 2.64. The quantitative estimate of drug-likeness (QED) is 0.531. The highest BCUT2D eigenvalue weighted by atomic mass is 16.6. The van der Waals surface area contributed by atoms with Crippen molar-refractivity contribution in [1.82, 2.24) is 9.97 Å². The van der Waals surface area contributed by atoms with Gasteiger partial charge in [-0.15, -0.1) is 0 Å². The lowest BCUT2D eigenvalue weighted by Crippen LogP contribution is -3.14. The Morgan fingerprint density at radius 1 is 1.26 bits per heavy atom. The molecule has 1 aliphatic rings. The number of benzene rings is 1. The second-order valence-corrected chi connectivity index (χ2v) is 6.88. The van der Waals surface area contributed by atoms with Crippen LogP contribution in [0.25, 0.3) is 0 Å². The summed E-state index contributed by atoms with van der Waals surface area (Å²) in [5.41, 5.74) is 8.84. The normalized spacial score (nSPS) is 15.0. The fourth-order valence-electron chi connectivity index (χ4n) is 3.25. The van der Waals surface area contributed by atoms with Crippen molar-refractivity contribution < 1.29 is 9.82 Å². The summed E-state index contributed by atoms with van der Waals surface area (Å²) >= 11 is 0. The Morgan fingerprint density at radius 2 is 1.96 bits per heavy atom. The van der Waals surface area contributed by atoms with Crippen LogP contribution in [-0.2, 0) is 0 Å². The first-order chi connectivity index (χ1) is 12.9. The molecule has 4 N–H and O–H groups in total. The first-order valence-corrected chi connectivity index (χ1v) is 9.13. The molecule has 0 unspecified atom stereocenters. The van der Waals surface area contributed by atoms with E-state index in [-0.39, 0.29) is 23.3 Å². The van der Waals surface area contributed by atoms with Gasteiger partial charge in [-0.2, -0.15) is 9.97 Å². The summed E-state index contributed by atoms with van der Waals surface area (Å²) in [7, 11) is 0. The fourth-order valence-corrected chi connectivity index (χ4v) is 3.25. The van der Waals surface area contributed by atoms with Crippen LogP contribution in [0.15, 0.2) is 18.2 Å². The monoisotopic (exact) mass is 372 g/mol. The Labute approximate surface area is 158 Å². The van der Waals surface area contributed by atoms with Crippen LogP contribution in [0.3, 0.4) is 0 Å². The Bertz CT molecular complexity index is 848. The highest BCUT2D eigenvalue weighted by molar-refractivity contribution is 5.72. The molecule has 3 rings (SSSR count). The third-order valence-electron chi connectivity index (χ3n) is 5.11. The van der Waals surface area contributed by atoms with E-state index in [1.165, 1.54) is 10.5 Å². The van der Waals surface area contributed by atoms with Crippen LogP contribution in [0.4, 0.5) is 29.0 Å². The van der Waals surface area contributed by atoms with Crippen molar-refractivity contribution in [2.75, 3.05) is 48.7 Å². The van der Waals surface area contributed by atoms with Gasteiger partial charge in [-0.3, -0.25) is 10.1 Å². The van der Waals surface area contributed by atoms with Crippen LogP contribution in [0.5, 0.6) is 0 Å². The number of hydrogen-bond donors (Lipinski definition) is 3. The molecule has 1 aliphatic heterocycles. The first kappa shape index (κ1) is 18.8. The van der Waals surface area contributed by atoms with Crippen LogP contribution in [0, 0.1) is 24.0 Å². The number of anilines is 4. The highest BCUT2D eigenvalue weighted by Gasteiger charge is 2.30. The zero-order valence-electron chi connectivity index (χ0n) is 16.0. The predicted octanol–water partition coefficient (Wildman–Crippen LogP) is 1.05. The van der Waals surface area contributed by atoms with Gasteiger partial charge in [0.15, 0.2) is 0 Å². The maximum atomic E-state index is 11.6. The lowest BCUT2D eigenvalue weighted by Gasteiger charge is -2.32. The molecule has 2 aromatic rings. The molecule has 1 fully saturated rings. The molecular weight excluding hydrogens is 346 g/mol. The number of likely N-dealkylation sites (N-methyl/N-ethyl adjacent to an activating group) is 1. The largest absolute Gasteiger partial charge is 0.378 e. The summed E-state index contributed by atoms with van der Waals surface area (Å²) in [6.45, 7) is 10.5. The minimum atomic E-state index is -0.497. The first-order valence-electron chi connectivity index (χ1n) is 9.13. The number of piperazine rings is 1. The predicted molar refractivity (Wildman–Crippen MR) is 106 cm³/mol. The number of quaternary nitrogens is 1. The average molecular weight is 372 g/mol. The van der Waals surface area contributed by atoms with Crippen molar-refractivity contribution in [3.63, 3.8) is 0 Å². The lowest BCUT2D eigenvalue weighted by atomic mass is 10.1. The standard InChI is InChI=1S/C18H25N7O2/c1-4-23-7-9-24(10-8-23)17-15(25(26)27)16(19)21-18(22-17)20-14-6-5-12(2)13(3)11-14/h5-6,11H,4,7-10H2,1-3H3,(H3,19,20,21,22)/p+1. The third kappa shape index (κ3) is 4.08. The molecule has 9 heteroatoms. The minimum Gasteiger partial charge on any atom is -0.378 e. The van der Waals surface area contributed by atoms with Gasteiger partial charge < -0.3 is 20.9 Å². The van der Waals surface area contributed by atoms with E-state index < -0.39 is 4.92 Å². The van der Waals surface area contributed by atoms with E-state index >= 15 is 0 Å². The molecule has 9 nitrogen and oxygen atoms in total. The molecule has 1 saturated heterocycles. The molecule has 0 aliphatic carbocycles. The fraction of sp³-hybridized carbons (Fsp3) is 0.444. The van der Waals surface area contributed by atoms with Gasteiger partial charge in [0.25, 0.3) is 0 Å². The smallest absolute Gasteiger partial charge is 0.353 e. The zero-order valence-corrected chi connectivity index (χ0v) is 16.0. The Balaban J connectivity index is 1.93. The van der Waals surface area contributed by atoms with Crippen molar-refractivity contribution in [1.29, 1.82) is 0 Å². The second kappa shape index (κ2) is 7.75. The third-order valence-corrected chi connectivity index (χ3v) is 5.11. The lowest BCUT2D eigenvalue weighted by molar-refractivity contribution is -0.898. The van der Waals surface area contributed by atoms with Gasteiger partial charge >= 0.3 is 5.69 Å². The molecule has 0 bridgehead atoms. The zero-order chi connectivity index (χ0) is 19.6. The van der Waals surface area contributed by atoms with Crippen molar-refractivity contribution in [2.45, 2.75) is 20.8 Å². The molecule has 144 valence electrons. The number of nitrogens with one attached hydrogen (secondary N) is 2. The van der Waals surface area contributed by atoms with Crippen LogP contribution < -0.4 is 20.9 Å². The van der Waals surface area contributed by atoms with Gasteiger partial charge in [-0.25, -0.2) is 0 Å². The van der Waals surface area contributed by atoms with Gasteiger partial charge in [0, 0.05) is 5.69 Å². The number of nitrogens with zero attached hydrogens (tertiary/aromatic N) is 4. The topological polar surface area (TPSA) is 115 Å². The molecule has 0 radical (unpaired) electrons. The molecule has 2 heterocycles. The molecule has 1 aromatic carbocycles. The number of nitrogen functional groups attached to an aromatic ring is 1. The highest BCUT2D eigenvalue weighted by Crippen LogP contribution is 2.32. The molecule has 0 spiro atoms. The van der Waals surface area contributed by atoms with Gasteiger partial charge in [-0.1, -0.05) is 6.07 Å². The van der Waals surface area contributed by atoms with E-state index in [1.54, 1.807) is 0 Å². The molecular formula is C18H26N7O2+. The summed E-state index contributed by atoms with van der Waals surface area (Å²) < 4.78 is 0. The van der Waals surface area contributed by atoms with E-state index in [0.29, 0.717) is 13.1 Å². The number of nitro groups is 1. The van der Waals surface area contributed by atoms with Crippen molar-refractivity contribution in [3.05, 3.63) is 39.4 Å². The number of aromatic nitrogens is 2. The van der Waals surface area contributed by atoms with Crippen molar-refractivity contribution in [3.8, 4) is 0 Å². The van der Waals surface area contributed by atoms with Crippen LogP contribution in [0.2, 0.25) is 0 Å². The summed E-state index contributed by atoms with van der Waals surface area (Å²) in [6, 6.07) is 5.91. The summed E-state index contributed by atoms with van der Waals surface area (Å²) in [6.07, 6.45) is 0. The van der Waals surface area contributed by atoms with Crippen LogP contribution in [-0.4, -0.2) is 47.6 Å². The van der Waals surface area contributed by atoms with Crippen LogP contribution in [0.1, 0.15) is 18.1 Å². The van der Waals surface area contributed by atoms with Gasteiger partial charge in [-0.05, 0) is 44.0 Å². The minimum absolute atomic E-state index is 0.124. The Kier molecular flexibility index (Phi) is 5.41. The van der Waals surface area contributed by atoms with Crippen molar-refractivity contribution in [2.24, 2.45) is 0 Å². The van der Waals surface area contributed by atoms with E-state index in [1.807, 2.05) is 36.9 Å². The van der Waals surface area contributed by atoms with Gasteiger partial charge in [0.05, 0.1) is 37.6 Å². The van der Waals surface area contributed by atoms with Gasteiger partial charge in [0.2, 0.25) is 17.6 Å². The molecule has 0 atom stereocenters. The van der Waals surface area contributed by atoms with E-state index in [4.69, 9.17) is 5.73 Å². The molecule has 0 saturated carbocycles. The number of aryl methyl sites for hydroxylation is 2. The molecule has 0 amide bonds. The number of nitrogens with two attached hydrogens (primary N) is 1. The van der Waals surface area contributed by atoms with E-state index in [0.717, 1.165) is 30.9 Å². The SMILES string of the molecule is CC[NH+]1CCN(c2nc(Nc3ccc(C)c(C)c3)nc(N)c2[N+](=O)[O-])CC1. The number of hydrogen-bond acceptors (Lipinski definition) is 7. The number of rotatable bonds is 5. The van der Waals surface area contributed by atoms with Crippen LogP contribution >= 0.6 is 0 Å². The molecule has 1 aromatic heterocycles. The summed E-state index contributed by atoms with van der Waals surface area (Å²) in [5, 5.41) is 14.7. The molecule has 27 heavy (non-hydrogen) atoms. The summed E-state index contributed by atoms with van der Waals surface area (Å²) in [5.74, 6) is 0.428. The van der Waals surface area contributed by atoms with E-state index in [9.17, 15) is 10.1 Å². The second-order valence-electron chi connectivity index (χ2n) is 6.88. The Hall–Kier alpha value is -2.94. The van der Waals surface area contributed by atoms with Gasteiger partial charge in [0.1, 0.15) is 0 Å². The maximum absolute atomic E-state index is 11.6. The van der Waals surface area contributed by atoms with E-state index in [2.05, 4.69) is 22.2 Å².